The van der Waals surface area contributed by atoms with E-state index < -0.39 is 7.92 Å². The van der Waals surface area contributed by atoms with Gasteiger partial charge < -0.3 is 5.11 Å². The van der Waals surface area contributed by atoms with E-state index in [0.29, 0.717) is 5.75 Å². The smallest absolute Gasteiger partial charge is 0.0799 e. The summed E-state index contributed by atoms with van der Waals surface area (Å²) >= 11 is 7.17. The molecule has 0 fully saturated rings. The van der Waals surface area contributed by atoms with Crippen LogP contribution in [0.25, 0.3) is 0 Å². The molecule has 0 saturated heterocycles. The summed E-state index contributed by atoms with van der Waals surface area (Å²) in [5, 5.41) is 11.5. The molecular formula is C15H15OPS2. The maximum Gasteiger partial charge on any atom is 0.0799 e. The van der Waals surface area contributed by atoms with Crippen molar-refractivity contribution in [2.45, 2.75) is 0 Å². The number of benzene rings is 2. The molecule has 0 atom stereocenters. The van der Waals surface area contributed by atoms with Crippen molar-refractivity contribution in [2.24, 2.45) is 0 Å². The molecule has 0 radical (unpaired) electrons. The van der Waals surface area contributed by atoms with Crippen molar-refractivity contribution in [2.75, 3.05) is 12.4 Å². The number of hydrogen-bond acceptors (Lipinski definition) is 3. The molecule has 2 aromatic carbocycles. The van der Waals surface area contributed by atoms with Crippen LogP contribution in [0.15, 0.2) is 60.7 Å². The largest absolute Gasteiger partial charge is 0.396 e. The first-order valence-corrected chi connectivity index (χ1v) is 8.74. The summed E-state index contributed by atoms with van der Waals surface area (Å²) in [6.07, 6.45) is 0. The predicted molar refractivity (Wildman–Crippen MR) is 91.2 cm³/mol. The second-order valence-corrected chi connectivity index (χ2v) is 8.37. The van der Waals surface area contributed by atoms with Crippen LogP contribution in [0.4, 0.5) is 0 Å². The van der Waals surface area contributed by atoms with E-state index in [1.54, 1.807) is 11.8 Å². The molecule has 0 amide bonds. The molecule has 0 spiro atoms. The summed E-state index contributed by atoms with van der Waals surface area (Å²) in [5.74, 6) is 0.664. The molecule has 0 unspecified atom stereocenters. The highest BCUT2D eigenvalue weighted by Crippen LogP contribution is 2.40. The molecule has 2 aromatic rings. The van der Waals surface area contributed by atoms with E-state index in [4.69, 9.17) is 17.3 Å². The van der Waals surface area contributed by atoms with Crippen LogP contribution >= 0.6 is 31.9 Å². The van der Waals surface area contributed by atoms with Gasteiger partial charge in [-0.15, -0.1) is 11.8 Å². The summed E-state index contributed by atoms with van der Waals surface area (Å²) in [6.45, 7) is 0.164. The monoisotopic (exact) mass is 306 g/mol. The Balaban J connectivity index is 2.31. The molecule has 1 N–H and O–H groups in total. The highest BCUT2D eigenvalue weighted by molar-refractivity contribution is 8.37. The molecule has 19 heavy (non-hydrogen) atoms. The zero-order chi connectivity index (χ0) is 13.5. The lowest BCUT2D eigenvalue weighted by Crippen LogP contribution is -2.15. The Morgan fingerprint density at radius 1 is 0.947 bits per heavy atom. The Bertz CT molecular complexity index is 477. The van der Waals surface area contributed by atoms with Crippen molar-refractivity contribution in [3.8, 4) is 0 Å². The van der Waals surface area contributed by atoms with Gasteiger partial charge in [0.15, 0.2) is 0 Å². The van der Waals surface area contributed by atoms with Crippen LogP contribution in [0, 0.1) is 0 Å². The first-order chi connectivity index (χ1) is 9.33. The van der Waals surface area contributed by atoms with Crippen molar-refractivity contribution < 1.29 is 5.11 Å². The molecule has 0 aromatic heterocycles. The van der Waals surface area contributed by atoms with Gasteiger partial charge in [0.1, 0.15) is 0 Å². The Morgan fingerprint density at radius 3 is 1.84 bits per heavy atom. The lowest BCUT2D eigenvalue weighted by molar-refractivity contribution is 0.323. The molecule has 4 heteroatoms. The van der Waals surface area contributed by atoms with Crippen LogP contribution in [0.1, 0.15) is 0 Å². The van der Waals surface area contributed by atoms with Crippen LogP contribution in [0.2, 0.25) is 0 Å². The van der Waals surface area contributed by atoms with Crippen molar-refractivity contribution >= 4 is 46.4 Å². The fourth-order valence-corrected chi connectivity index (χ4v) is 5.94. The average molecular weight is 306 g/mol. The Kier molecular flexibility index (Phi) is 5.99. The van der Waals surface area contributed by atoms with Gasteiger partial charge in [0.05, 0.1) is 10.5 Å². The number of rotatable bonds is 5. The highest BCUT2D eigenvalue weighted by atomic mass is 32.2. The molecule has 2 rings (SSSR count). The second-order valence-electron chi connectivity index (χ2n) is 3.84. The van der Waals surface area contributed by atoms with Gasteiger partial charge in [0, 0.05) is 13.7 Å². The molecule has 98 valence electrons. The third-order valence-corrected chi connectivity index (χ3v) is 6.99. The van der Waals surface area contributed by atoms with Crippen LogP contribution in [0.5, 0.6) is 0 Å². The third-order valence-electron chi connectivity index (χ3n) is 2.53. The lowest BCUT2D eigenvalue weighted by atomic mass is 10.4. The second kappa shape index (κ2) is 7.76. The molecule has 0 aliphatic carbocycles. The summed E-state index contributed by atoms with van der Waals surface area (Å²) < 4.78 is 0.974. The molecular weight excluding hydrogens is 291 g/mol. The summed E-state index contributed by atoms with van der Waals surface area (Å²) in [4.78, 5) is 0. The average Bonchev–Trinajstić information content (AvgIpc) is 2.47. The zero-order valence-corrected chi connectivity index (χ0v) is 12.9. The van der Waals surface area contributed by atoms with Crippen molar-refractivity contribution in [1.29, 1.82) is 0 Å². The number of aliphatic hydroxyl groups excluding tert-OH is 1. The van der Waals surface area contributed by atoms with Gasteiger partial charge in [-0.25, -0.2) is 0 Å². The fraction of sp³-hybridized carbons (Fsp3) is 0.133. The van der Waals surface area contributed by atoms with Crippen LogP contribution in [-0.2, 0) is 0 Å². The molecule has 0 bridgehead atoms. The number of thioether (sulfide) groups is 1. The SMILES string of the molecule is OCCSC(=S)P(c1ccccc1)c1ccccc1. The van der Waals surface area contributed by atoms with Gasteiger partial charge >= 0.3 is 0 Å². The molecule has 0 saturated carbocycles. The number of hydrogen-bond donors (Lipinski definition) is 1. The van der Waals surface area contributed by atoms with E-state index in [9.17, 15) is 0 Å². The minimum absolute atomic E-state index is 0.164. The minimum Gasteiger partial charge on any atom is -0.396 e. The van der Waals surface area contributed by atoms with Gasteiger partial charge in [0.25, 0.3) is 0 Å². The highest BCUT2D eigenvalue weighted by Gasteiger charge is 2.18. The third kappa shape index (κ3) is 4.12. The Morgan fingerprint density at radius 2 is 1.42 bits per heavy atom. The van der Waals surface area contributed by atoms with Crippen molar-refractivity contribution in [3.05, 3.63) is 60.7 Å². The molecule has 0 aliphatic rings. The van der Waals surface area contributed by atoms with E-state index in [2.05, 4.69) is 24.3 Å². The van der Waals surface area contributed by atoms with E-state index in [1.165, 1.54) is 10.6 Å². The van der Waals surface area contributed by atoms with Gasteiger partial charge in [-0.1, -0.05) is 72.9 Å². The van der Waals surface area contributed by atoms with E-state index >= 15 is 0 Å². The Hall–Kier alpha value is -0.730. The van der Waals surface area contributed by atoms with Gasteiger partial charge in [-0.3, -0.25) is 0 Å². The van der Waals surface area contributed by atoms with E-state index in [1.807, 2.05) is 36.4 Å². The maximum absolute atomic E-state index is 8.96. The molecule has 0 heterocycles. The van der Waals surface area contributed by atoms with Crippen LogP contribution in [-0.4, -0.2) is 21.4 Å². The topological polar surface area (TPSA) is 20.2 Å². The first-order valence-electron chi connectivity index (χ1n) is 6.01. The minimum atomic E-state index is -0.640. The van der Waals surface area contributed by atoms with Gasteiger partial charge in [-0.05, 0) is 10.6 Å². The predicted octanol–water partition coefficient (Wildman–Crippen LogP) is 3.13. The summed E-state index contributed by atoms with van der Waals surface area (Å²) in [7, 11) is -0.640. The normalized spacial score (nSPS) is 10.6. The maximum atomic E-state index is 8.96. The van der Waals surface area contributed by atoms with Gasteiger partial charge in [-0.2, -0.15) is 0 Å². The zero-order valence-electron chi connectivity index (χ0n) is 10.4. The Labute approximate surface area is 124 Å². The quantitative estimate of drug-likeness (QED) is 0.677. The van der Waals surface area contributed by atoms with E-state index in [-0.39, 0.29) is 6.61 Å². The van der Waals surface area contributed by atoms with Crippen molar-refractivity contribution in [3.63, 3.8) is 0 Å². The standard InChI is InChI=1S/C15H15OPS2/c16-11-12-19-15(18)17(13-7-3-1-4-8-13)14-9-5-2-6-10-14/h1-10,16H,11-12H2. The summed E-state index contributed by atoms with van der Waals surface area (Å²) in [6, 6.07) is 20.8. The lowest BCUT2D eigenvalue weighted by Gasteiger charge is -2.18. The first kappa shape index (κ1) is 14.7. The fourth-order valence-electron chi connectivity index (χ4n) is 1.71. The summed E-state index contributed by atoms with van der Waals surface area (Å²) in [5.41, 5.74) is 0. The van der Waals surface area contributed by atoms with Gasteiger partial charge in [0.2, 0.25) is 0 Å². The van der Waals surface area contributed by atoms with E-state index in [0.717, 1.165) is 3.94 Å². The number of aliphatic hydroxyl groups is 1. The molecule has 1 nitrogen and oxygen atoms in total. The van der Waals surface area contributed by atoms with Crippen LogP contribution < -0.4 is 10.6 Å². The van der Waals surface area contributed by atoms with Crippen LogP contribution in [0.3, 0.4) is 0 Å². The van der Waals surface area contributed by atoms with Crippen molar-refractivity contribution in [1.82, 2.24) is 0 Å². The number of thiocarbonyl (C=S) groups is 1. The molecule has 0 aliphatic heterocycles.